The van der Waals surface area contributed by atoms with Gasteiger partial charge in [0.25, 0.3) is 5.91 Å². The van der Waals surface area contributed by atoms with Gasteiger partial charge in [-0.05, 0) is 42.7 Å². The molecule has 2 unspecified atom stereocenters. The first kappa shape index (κ1) is 20.4. The van der Waals surface area contributed by atoms with Crippen molar-refractivity contribution in [2.24, 2.45) is 5.92 Å². The van der Waals surface area contributed by atoms with E-state index in [2.05, 4.69) is 15.4 Å². The van der Waals surface area contributed by atoms with E-state index in [1.807, 2.05) is 0 Å². The second kappa shape index (κ2) is 7.44. The Labute approximate surface area is 171 Å². The minimum Gasteiger partial charge on any atom is -0.323 e. The molecule has 1 saturated heterocycles. The van der Waals surface area contributed by atoms with Crippen LogP contribution in [0, 0.1) is 17.6 Å². The van der Waals surface area contributed by atoms with E-state index >= 15 is 0 Å². The Balaban J connectivity index is 1.49. The number of nitrogens with one attached hydrogen (secondary N) is 3. The topological polar surface area (TPSA) is 104 Å². The summed E-state index contributed by atoms with van der Waals surface area (Å²) in [6.07, 6.45) is 1.74. The van der Waals surface area contributed by atoms with Gasteiger partial charge in [-0.1, -0.05) is 18.6 Å². The molecule has 2 atom stereocenters. The highest BCUT2D eigenvalue weighted by atomic mass is 32.2. The first-order valence-corrected chi connectivity index (χ1v) is 10.9. The number of rotatable bonds is 5. The molecule has 2 fully saturated rings. The predicted molar refractivity (Wildman–Crippen MR) is 104 cm³/mol. The first-order valence-electron chi connectivity index (χ1n) is 9.40. The van der Waals surface area contributed by atoms with Gasteiger partial charge < -0.3 is 5.32 Å². The van der Waals surface area contributed by atoms with Crippen molar-refractivity contribution in [2.75, 3.05) is 6.54 Å². The third-order valence-electron chi connectivity index (χ3n) is 5.72. The van der Waals surface area contributed by atoms with Gasteiger partial charge in [0, 0.05) is 24.1 Å². The number of carbonyl (C=O) groups is 2. The van der Waals surface area contributed by atoms with E-state index in [-0.39, 0.29) is 22.9 Å². The molecule has 1 heterocycles. The van der Waals surface area contributed by atoms with E-state index in [0.717, 1.165) is 12.1 Å². The van der Waals surface area contributed by atoms with Crippen LogP contribution in [0.3, 0.4) is 0 Å². The van der Waals surface area contributed by atoms with E-state index in [1.165, 1.54) is 30.3 Å². The number of hydrogen-bond acceptors (Lipinski definition) is 4. The van der Waals surface area contributed by atoms with Crippen molar-refractivity contribution in [1.29, 1.82) is 0 Å². The fourth-order valence-corrected chi connectivity index (χ4v) is 5.24. The maximum Gasteiger partial charge on any atom is 0.322 e. The first-order chi connectivity index (χ1) is 14.2. The van der Waals surface area contributed by atoms with E-state index in [9.17, 15) is 26.8 Å². The fraction of sp³-hybridized carbons (Fsp3) is 0.300. The smallest absolute Gasteiger partial charge is 0.322 e. The SMILES string of the molecule is O=C1NC(=O)C2(CCCC2CNS(=O)(=O)c2ccc(-c3ccc(F)cc3F)cc2)N1. The lowest BCUT2D eigenvalue weighted by Gasteiger charge is -2.28. The lowest BCUT2D eigenvalue weighted by atomic mass is 9.87. The third-order valence-corrected chi connectivity index (χ3v) is 7.16. The highest BCUT2D eigenvalue weighted by Gasteiger charge is 2.54. The van der Waals surface area contributed by atoms with Crippen LogP contribution in [0.2, 0.25) is 0 Å². The Morgan fingerprint density at radius 1 is 1.10 bits per heavy atom. The molecule has 0 bridgehead atoms. The average molecular weight is 435 g/mol. The summed E-state index contributed by atoms with van der Waals surface area (Å²) in [6.45, 7) is -0.00955. The van der Waals surface area contributed by atoms with Gasteiger partial charge in [-0.15, -0.1) is 0 Å². The summed E-state index contributed by atoms with van der Waals surface area (Å²) < 4.78 is 54.9. The molecule has 4 rings (SSSR count). The number of urea groups is 1. The van der Waals surface area contributed by atoms with E-state index in [4.69, 9.17) is 0 Å². The van der Waals surface area contributed by atoms with Crippen molar-refractivity contribution in [3.63, 3.8) is 0 Å². The molecule has 2 aliphatic rings. The van der Waals surface area contributed by atoms with Gasteiger partial charge in [0.1, 0.15) is 17.2 Å². The van der Waals surface area contributed by atoms with E-state index < -0.39 is 39.1 Å². The zero-order valence-corrected chi connectivity index (χ0v) is 16.6. The van der Waals surface area contributed by atoms with Gasteiger partial charge in [-0.3, -0.25) is 10.1 Å². The maximum atomic E-state index is 13.9. The van der Waals surface area contributed by atoms with Crippen molar-refractivity contribution >= 4 is 22.0 Å². The number of amides is 3. The molecule has 2 aromatic rings. The molecule has 1 aliphatic carbocycles. The maximum absolute atomic E-state index is 13.9. The normalized spacial score (nSPS) is 23.6. The Hall–Kier alpha value is -2.85. The summed E-state index contributed by atoms with van der Waals surface area (Å²) in [5.74, 6) is -2.24. The van der Waals surface area contributed by atoms with Gasteiger partial charge in [0.05, 0.1) is 4.90 Å². The van der Waals surface area contributed by atoms with Crippen LogP contribution < -0.4 is 15.4 Å². The van der Waals surface area contributed by atoms with Crippen LogP contribution in [0.15, 0.2) is 47.4 Å². The minimum absolute atomic E-state index is 0.00955. The zero-order chi connectivity index (χ0) is 21.5. The van der Waals surface area contributed by atoms with Gasteiger partial charge in [0.15, 0.2) is 0 Å². The number of carbonyl (C=O) groups excluding carboxylic acids is 2. The van der Waals surface area contributed by atoms with Crippen molar-refractivity contribution in [1.82, 2.24) is 15.4 Å². The molecule has 1 aliphatic heterocycles. The molecule has 10 heteroatoms. The van der Waals surface area contributed by atoms with Crippen LogP contribution >= 0.6 is 0 Å². The summed E-state index contributed by atoms with van der Waals surface area (Å²) >= 11 is 0. The summed E-state index contributed by atoms with van der Waals surface area (Å²) in [4.78, 5) is 23.7. The monoisotopic (exact) mass is 435 g/mol. The number of imide groups is 1. The number of benzene rings is 2. The lowest BCUT2D eigenvalue weighted by Crippen LogP contribution is -2.53. The van der Waals surface area contributed by atoms with Crippen LogP contribution in [0.25, 0.3) is 11.1 Å². The third kappa shape index (κ3) is 3.56. The average Bonchev–Trinajstić information content (AvgIpc) is 3.23. The van der Waals surface area contributed by atoms with Gasteiger partial charge in [-0.25, -0.2) is 26.7 Å². The molecule has 0 radical (unpaired) electrons. The lowest BCUT2D eigenvalue weighted by molar-refractivity contribution is -0.125. The largest absolute Gasteiger partial charge is 0.323 e. The van der Waals surface area contributed by atoms with Crippen molar-refractivity contribution in [3.05, 3.63) is 54.1 Å². The Morgan fingerprint density at radius 2 is 1.83 bits per heavy atom. The molecule has 7 nitrogen and oxygen atoms in total. The number of hydrogen-bond donors (Lipinski definition) is 3. The van der Waals surface area contributed by atoms with Crippen LogP contribution in [0.1, 0.15) is 19.3 Å². The number of halogens is 2. The van der Waals surface area contributed by atoms with Crippen molar-refractivity contribution in [3.8, 4) is 11.1 Å². The highest BCUT2D eigenvalue weighted by molar-refractivity contribution is 7.89. The fourth-order valence-electron chi connectivity index (χ4n) is 4.15. The second-order valence-electron chi connectivity index (χ2n) is 7.47. The summed E-state index contributed by atoms with van der Waals surface area (Å²) in [5.41, 5.74) is -0.514. The molecule has 3 N–H and O–H groups in total. The molecular formula is C20H19F2N3O4S. The molecule has 158 valence electrons. The van der Waals surface area contributed by atoms with Gasteiger partial charge in [-0.2, -0.15) is 0 Å². The molecule has 0 aromatic heterocycles. The Morgan fingerprint density at radius 3 is 2.47 bits per heavy atom. The Bertz CT molecular complexity index is 1120. The molecular weight excluding hydrogens is 416 g/mol. The van der Waals surface area contributed by atoms with Crippen LogP contribution in [-0.2, 0) is 14.8 Å². The second-order valence-corrected chi connectivity index (χ2v) is 9.24. The van der Waals surface area contributed by atoms with Crippen LogP contribution in [-0.4, -0.2) is 32.4 Å². The van der Waals surface area contributed by atoms with Crippen LogP contribution in [0.4, 0.5) is 13.6 Å². The summed E-state index contributed by atoms with van der Waals surface area (Å²) in [5, 5.41) is 4.86. The van der Waals surface area contributed by atoms with Gasteiger partial charge in [0.2, 0.25) is 10.0 Å². The molecule has 3 amide bonds. The van der Waals surface area contributed by atoms with Crippen molar-refractivity contribution < 1.29 is 26.8 Å². The quantitative estimate of drug-likeness (QED) is 0.627. The molecule has 30 heavy (non-hydrogen) atoms. The molecule has 1 spiro atoms. The zero-order valence-electron chi connectivity index (χ0n) is 15.7. The van der Waals surface area contributed by atoms with E-state index in [1.54, 1.807) is 0 Å². The predicted octanol–water partition coefficient (Wildman–Crippen LogP) is 2.29. The van der Waals surface area contributed by atoms with Crippen LogP contribution in [0.5, 0.6) is 0 Å². The van der Waals surface area contributed by atoms with Gasteiger partial charge >= 0.3 is 6.03 Å². The van der Waals surface area contributed by atoms with Crippen molar-refractivity contribution in [2.45, 2.75) is 29.7 Å². The highest BCUT2D eigenvalue weighted by Crippen LogP contribution is 2.37. The Kier molecular flexibility index (Phi) is 5.07. The summed E-state index contributed by atoms with van der Waals surface area (Å²) in [7, 11) is -3.89. The molecule has 1 saturated carbocycles. The summed E-state index contributed by atoms with van der Waals surface area (Å²) in [6, 6.07) is 8.13. The van der Waals surface area contributed by atoms with E-state index in [0.29, 0.717) is 24.8 Å². The molecule has 2 aromatic carbocycles. The number of sulfonamides is 1. The standard InChI is InChI=1S/C20H19F2N3O4S/c21-14-5-8-16(17(22)10-14)12-3-6-15(7-4-12)30(28,29)23-11-13-2-1-9-20(13)18(26)24-19(27)25-20/h3-8,10,13,23H,1-2,9,11H2,(H2,24,25,26,27). The minimum atomic E-state index is -3.89.